The van der Waals surface area contributed by atoms with E-state index < -0.39 is 0 Å². The summed E-state index contributed by atoms with van der Waals surface area (Å²) < 4.78 is 18.5. The van der Waals surface area contributed by atoms with E-state index in [9.17, 15) is 4.39 Å². The predicted molar refractivity (Wildman–Crippen MR) is 65.5 cm³/mol. The first-order chi connectivity index (χ1) is 8.25. The van der Waals surface area contributed by atoms with Gasteiger partial charge < -0.3 is 9.73 Å². The number of halogens is 2. The average molecular weight is 254 g/mol. The van der Waals surface area contributed by atoms with Crippen molar-refractivity contribution in [2.24, 2.45) is 0 Å². The molecule has 0 saturated carbocycles. The van der Waals surface area contributed by atoms with Crippen LogP contribution in [0.25, 0.3) is 0 Å². The Morgan fingerprint density at radius 2 is 2.00 bits per heavy atom. The van der Waals surface area contributed by atoms with Crippen molar-refractivity contribution in [3.05, 3.63) is 58.8 Å². The normalized spacial score (nSPS) is 10.7. The van der Waals surface area contributed by atoms with Gasteiger partial charge in [0.05, 0.1) is 6.54 Å². The van der Waals surface area contributed by atoms with E-state index in [1.807, 2.05) is 12.1 Å². The predicted octanol–water partition coefficient (Wildman–Crippen LogP) is 3.40. The van der Waals surface area contributed by atoms with Gasteiger partial charge >= 0.3 is 0 Å². The lowest BCUT2D eigenvalue weighted by Gasteiger charge is -2.04. The molecule has 0 spiro atoms. The molecule has 2 rings (SSSR count). The van der Waals surface area contributed by atoms with Crippen molar-refractivity contribution in [2.75, 3.05) is 6.54 Å². The van der Waals surface area contributed by atoms with Crippen molar-refractivity contribution >= 4 is 11.6 Å². The summed E-state index contributed by atoms with van der Waals surface area (Å²) in [6.07, 6.45) is 0.654. The van der Waals surface area contributed by atoms with Crippen LogP contribution in [0, 0.1) is 5.82 Å². The van der Waals surface area contributed by atoms with E-state index in [4.69, 9.17) is 16.0 Å². The Hall–Kier alpha value is -1.32. The second-order valence-corrected chi connectivity index (χ2v) is 4.10. The van der Waals surface area contributed by atoms with Crippen LogP contribution < -0.4 is 5.32 Å². The molecule has 1 aromatic carbocycles. The Bertz CT molecular complexity index is 484. The maximum Gasteiger partial charge on any atom is 0.193 e. The third-order valence-corrected chi connectivity index (χ3v) is 2.66. The smallest absolute Gasteiger partial charge is 0.193 e. The molecule has 0 unspecified atom stereocenters. The molecular weight excluding hydrogens is 241 g/mol. The van der Waals surface area contributed by atoms with Crippen LogP contribution in [0.4, 0.5) is 4.39 Å². The van der Waals surface area contributed by atoms with Crippen LogP contribution in [0.15, 0.2) is 40.8 Å². The van der Waals surface area contributed by atoms with Crippen LogP contribution in [0.2, 0.25) is 5.22 Å². The van der Waals surface area contributed by atoms with Crippen molar-refractivity contribution in [3.63, 3.8) is 0 Å². The van der Waals surface area contributed by atoms with Gasteiger partial charge in [0.15, 0.2) is 5.22 Å². The van der Waals surface area contributed by atoms with Crippen LogP contribution in [-0.2, 0) is 13.0 Å². The quantitative estimate of drug-likeness (QED) is 0.827. The van der Waals surface area contributed by atoms with Gasteiger partial charge in [-0.2, -0.15) is 0 Å². The van der Waals surface area contributed by atoms with Gasteiger partial charge in [0.1, 0.15) is 11.6 Å². The topological polar surface area (TPSA) is 25.2 Å². The molecule has 1 N–H and O–H groups in total. The number of furan rings is 1. The number of nitrogens with one attached hydrogen (secondary N) is 1. The van der Waals surface area contributed by atoms with E-state index in [0.717, 1.165) is 11.3 Å². The molecule has 0 atom stereocenters. The maximum atomic E-state index is 13.3. The number of hydrogen-bond donors (Lipinski definition) is 1. The van der Waals surface area contributed by atoms with Crippen molar-refractivity contribution < 1.29 is 8.81 Å². The second kappa shape index (κ2) is 5.84. The van der Waals surface area contributed by atoms with Gasteiger partial charge in [-0.3, -0.25) is 0 Å². The average Bonchev–Trinajstić information content (AvgIpc) is 2.73. The molecule has 0 aliphatic rings. The van der Waals surface area contributed by atoms with Gasteiger partial charge in [0, 0.05) is 0 Å². The summed E-state index contributed by atoms with van der Waals surface area (Å²) in [5.41, 5.74) is 0.720. The molecule has 17 heavy (non-hydrogen) atoms. The first-order valence-corrected chi connectivity index (χ1v) is 5.82. The molecule has 0 saturated heterocycles. The highest BCUT2D eigenvalue weighted by Crippen LogP contribution is 2.12. The molecular formula is C13H13ClFNO. The van der Waals surface area contributed by atoms with Gasteiger partial charge in [0.25, 0.3) is 0 Å². The summed E-state index contributed by atoms with van der Waals surface area (Å²) in [5.74, 6) is 0.624. The summed E-state index contributed by atoms with van der Waals surface area (Å²) in [5, 5.41) is 3.56. The Morgan fingerprint density at radius 3 is 2.71 bits per heavy atom. The summed E-state index contributed by atoms with van der Waals surface area (Å²) in [4.78, 5) is 0. The van der Waals surface area contributed by atoms with E-state index in [0.29, 0.717) is 24.7 Å². The summed E-state index contributed by atoms with van der Waals surface area (Å²) >= 11 is 5.65. The Morgan fingerprint density at radius 1 is 1.18 bits per heavy atom. The van der Waals surface area contributed by atoms with E-state index in [1.54, 1.807) is 18.2 Å². The molecule has 4 heteroatoms. The third-order valence-electron chi connectivity index (χ3n) is 2.46. The van der Waals surface area contributed by atoms with Gasteiger partial charge in [-0.25, -0.2) is 4.39 Å². The van der Waals surface area contributed by atoms with Crippen molar-refractivity contribution in [2.45, 2.75) is 13.0 Å². The molecule has 0 fully saturated rings. The first-order valence-electron chi connectivity index (χ1n) is 5.44. The lowest BCUT2D eigenvalue weighted by atomic mass is 10.1. The van der Waals surface area contributed by atoms with Crippen LogP contribution in [0.1, 0.15) is 11.3 Å². The second-order valence-electron chi connectivity index (χ2n) is 3.72. The molecule has 0 radical (unpaired) electrons. The van der Waals surface area contributed by atoms with Crippen LogP contribution in [0.5, 0.6) is 0 Å². The van der Waals surface area contributed by atoms with Crippen molar-refractivity contribution in [1.29, 1.82) is 0 Å². The fraction of sp³-hybridized carbons (Fsp3) is 0.231. The minimum atomic E-state index is -0.157. The van der Waals surface area contributed by atoms with Crippen molar-refractivity contribution in [3.8, 4) is 0 Å². The summed E-state index contributed by atoms with van der Waals surface area (Å²) in [7, 11) is 0. The lowest BCUT2D eigenvalue weighted by molar-refractivity contribution is 0.484. The maximum absolute atomic E-state index is 13.3. The Kier molecular flexibility index (Phi) is 4.18. The van der Waals surface area contributed by atoms with Crippen LogP contribution in [-0.4, -0.2) is 6.54 Å². The molecule has 0 amide bonds. The van der Waals surface area contributed by atoms with Gasteiger partial charge in [-0.05, 0) is 48.3 Å². The monoisotopic (exact) mass is 253 g/mol. The largest absolute Gasteiger partial charge is 0.448 e. The zero-order valence-electron chi connectivity index (χ0n) is 9.25. The van der Waals surface area contributed by atoms with Gasteiger partial charge in [-0.1, -0.05) is 18.2 Å². The zero-order valence-corrected chi connectivity index (χ0v) is 10.0. The molecule has 0 bridgehead atoms. The molecule has 2 nitrogen and oxygen atoms in total. The highest BCUT2D eigenvalue weighted by molar-refractivity contribution is 6.28. The van der Waals surface area contributed by atoms with Crippen molar-refractivity contribution in [1.82, 2.24) is 5.32 Å². The molecule has 1 heterocycles. The lowest BCUT2D eigenvalue weighted by Crippen LogP contribution is -2.16. The molecule has 0 aliphatic carbocycles. The van der Waals surface area contributed by atoms with E-state index in [1.165, 1.54) is 6.07 Å². The Labute approximate surface area is 104 Å². The summed E-state index contributed by atoms with van der Waals surface area (Å²) in [6, 6.07) is 10.3. The highest BCUT2D eigenvalue weighted by Gasteiger charge is 2.01. The first kappa shape index (κ1) is 12.1. The number of hydrogen-bond acceptors (Lipinski definition) is 2. The van der Waals surface area contributed by atoms with E-state index >= 15 is 0 Å². The molecule has 90 valence electrons. The van der Waals surface area contributed by atoms with Crippen LogP contribution >= 0.6 is 11.6 Å². The van der Waals surface area contributed by atoms with Gasteiger partial charge in [0.2, 0.25) is 0 Å². The Balaban J connectivity index is 1.75. The highest BCUT2D eigenvalue weighted by atomic mass is 35.5. The molecule has 2 aromatic rings. The molecule has 0 aliphatic heterocycles. The van der Waals surface area contributed by atoms with Crippen LogP contribution in [0.3, 0.4) is 0 Å². The van der Waals surface area contributed by atoms with E-state index in [-0.39, 0.29) is 5.82 Å². The minimum absolute atomic E-state index is 0.157. The number of benzene rings is 1. The minimum Gasteiger partial charge on any atom is -0.448 e. The fourth-order valence-corrected chi connectivity index (χ4v) is 1.74. The third kappa shape index (κ3) is 3.58. The number of rotatable bonds is 5. The molecule has 1 aromatic heterocycles. The summed E-state index contributed by atoms with van der Waals surface area (Å²) in [6.45, 7) is 1.29. The SMILES string of the molecule is Fc1ccccc1CCNCc1ccc(Cl)o1. The standard InChI is InChI=1S/C13H13ClFNO/c14-13-6-5-11(17-13)9-16-8-7-10-3-1-2-4-12(10)15/h1-6,16H,7-9H2. The fourth-order valence-electron chi connectivity index (χ4n) is 1.58. The van der Waals surface area contributed by atoms with Gasteiger partial charge in [-0.15, -0.1) is 0 Å². The van der Waals surface area contributed by atoms with E-state index in [2.05, 4.69) is 5.32 Å². The zero-order chi connectivity index (χ0) is 12.1.